The Bertz CT molecular complexity index is 813. The van der Waals surface area contributed by atoms with Crippen molar-refractivity contribution in [2.45, 2.75) is 100 Å². The summed E-state index contributed by atoms with van der Waals surface area (Å²) in [7, 11) is 0. The summed E-state index contributed by atoms with van der Waals surface area (Å²) in [5, 5.41) is 0. The summed E-state index contributed by atoms with van der Waals surface area (Å²) < 4.78 is 0. The van der Waals surface area contributed by atoms with E-state index in [0.29, 0.717) is 0 Å². The fourth-order valence-electron chi connectivity index (χ4n) is 4.67. The third kappa shape index (κ3) is 8.61. The number of hydrogen-bond donors (Lipinski definition) is 0. The molecule has 2 fully saturated rings. The molecule has 1 aromatic carbocycles. The molecule has 3 rings (SSSR count). The van der Waals surface area contributed by atoms with Crippen LogP contribution in [0, 0.1) is 38.5 Å². The quantitative estimate of drug-likeness (QED) is 0.308. The summed E-state index contributed by atoms with van der Waals surface area (Å²) in [6, 6.07) is 4.52. The van der Waals surface area contributed by atoms with Crippen molar-refractivity contribution in [3.63, 3.8) is 0 Å². The van der Waals surface area contributed by atoms with E-state index < -0.39 is 0 Å². The Kier molecular flexibility index (Phi) is 12.0. The van der Waals surface area contributed by atoms with Crippen LogP contribution in [0.5, 0.6) is 0 Å². The van der Waals surface area contributed by atoms with Gasteiger partial charge in [0.2, 0.25) is 0 Å². The van der Waals surface area contributed by atoms with E-state index in [4.69, 9.17) is 0 Å². The number of aryl methyl sites for hydroxylation is 3. The lowest BCUT2D eigenvalue weighted by Crippen LogP contribution is -2.16. The van der Waals surface area contributed by atoms with Gasteiger partial charge >= 0.3 is 0 Å². The van der Waals surface area contributed by atoms with Gasteiger partial charge in [-0.3, -0.25) is 0 Å². The fraction of sp³-hybridized carbons (Fsp3) is 0.562. The van der Waals surface area contributed by atoms with Crippen LogP contribution >= 0.6 is 0 Å². The van der Waals surface area contributed by atoms with Crippen LogP contribution in [0.1, 0.15) is 102 Å². The van der Waals surface area contributed by atoms with Gasteiger partial charge in [0.1, 0.15) is 0 Å². The zero-order valence-corrected chi connectivity index (χ0v) is 22.5. The first kappa shape index (κ1) is 28.2. The molecule has 0 radical (unpaired) electrons. The van der Waals surface area contributed by atoms with Crippen molar-refractivity contribution in [3.05, 3.63) is 76.9 Å². The molecule has 0 spiro atoms. The van der Waals surface area contributed by atoms with E-state index in [2.05, 4.69) is 79.5 Å². The van der Waals surface area contributed by atoms with Crippen molar-refractivity contribution in [2.75, 3.05) is 0 Å². The van der Waals surface area contributed by atoms with Gasteiger partial charge in [-0.25, -0.2) is 0 Å². The molecule has 0 heterocycles. The van der Waals surface area contributed by atoms with Crippen LogP contribution in [0.4, 0.5) is 0 Å². The minimum absolute atomic E-state index is 0.828. The molecule has 0 aromatic heterocycles. The fourth-order valence-corrected chi connectivity index (χ4v) is 4.67. The zero-order valence-electron chi connectivity index (χ0n) is 22.5. The van der Waals surface area contributed by atoms with Gasteiger partial charge in [-0.05, 0) is 111 Å². The normalized spacial score (nSPS) is 20.3. The molecule has 1 unspecified atom stereocenters. The Hall–Kier alpha value is -1.82. The van der Waals surface area contributed by atoms with Crippen molar-refractivity contribution in [1.82, 2.24) is 0 Å². The van der Waals surface area contributed by atoms with Crippen molar-refractivity contribution in [1.29, 1.82) is 0 Å². The first-order valence-electron chi connectivity index (χ1n) is 12.9. The summed E-state index contributed by atoms with van der Waals surface area (Å²) in [6.07, 6.45) is 11.9. The van der Waals surface area contributed by atoms with E-state index in [1.165, 1.54) is 78.3 Å². The van der Waals surface area contributed by atoms with Gasteiger partial charge in [0.15, 0.2) is 0 Å². The van der Waals surface area contributed by atoms with Gasteiger partial charge in [0, 0.05) is 0 Å². The number of benzene rings is 1. The molecule has 2 aliphatic carbocycles. The highest BCUT2D eigenvalue weighted by Gasteiger charge is 2.21. The first-order chi connectivity index (χ1) is 15.1. The largest absolute Gasteiger partial charge is 0.0999 e. The van der Waals surface area contributed by atoms with Crippen molar-refractivity contribution in [2.24, 2.45) is 17.8 Å². The van der Waals surface area contributed by atoms with Gasteiger partial charge in [-0.2, -0.15) is 0 Å². The Morgan fingerprint density at radius 3 is 1.91 bits per heavy atom. The Morgan fingerprint density at radius 2 is 1.44 bits per heavy atom. The smallest absolute Gasteiger partial charge is 0.0152 e. The summed E-state index contributed by atoms with van der Waals surface area (Å²) in [4.78, 5) is 0. The maximum absolute atomic E-state index is 4.35. The van der Waals surface area contributed by atoms with Crippen LogP contribution in [0.25, 0.3) is 5.57 Å². The molecule has 0 N–H and O–H groups in total. The van der Waals surface area contributed by atoms with Gasteiger partial charge in [0.25, 0.3) is 0 Å². The minimum atomic E-state index is 0.828. The SMILES string of the molecule is C=C(C)/C(=C/CC1CC1)C(=C)c1cc(C)c(C)cc1C.C=C(C)[C@@H]1CCCCC1C.CC. The van der Waals surface area contributed by atoms with Crippen LogP contribution < -0.4 is 0 Å². The van der Waals surface area contributed by atoms with Gasteiger partial charge in [0.05, 0.1) is 0 Å². The average molecular weight is 435 g/mol. The summed E-state index contributed by atoms with van der Waals surface area (Å²) in [5.74, 6) is 2.62. The Balaban J connectivity index is 0.000000358. The summed E-state index contributed by atoms with van der Waals surface area (Å²) >= 11 is 0. The van der Waals surface area contributed by atoms with Crippen LogP contribution in [0.2, 0.25) is 0 Å². The molecule has 0 amide bonds. The topological polar surface area (TPSA) is 0 Å². The van der Waals surface area contributed by atoms with Gasteiger partial charge in [-0.15, -0.1) is 0 Å². The molecule has 1 aromatic rings. The second kappa shape index (κ2) is 13.7. The van der Waals surface area contributed by atoms with E-state index in [1.54, 1.807) is 0 Å². The second-order valence-electron chi connectivity index (χ2n) is 10.0. The van der Waals surface area contributed by atoms with Crippen molar-refractivity contribution < 1.29 is 0 Å². The second-order valence-corrected chi connectivity index (χ2v) is 10.0. The Morgan fingerprint density at radius 1 is 0.875 bits per heavy atom. The lowest BCUT2D eigenvalue weighted by Gasteiger charge is -2.28. The molecule has 0 saturated heterocycles. The molecule has 2 atom stereocenters. The minimum Gasteiger partial charge on any atom is -0.0999 e. The molecule has 0 heteroatoms. The predicted octanol–water partition coefficient (Wildman–Crippen LogP) is 10.3. The monoisotopic (exact) mass is 434 g/mol. The molecule has 0 aliphatic heterocycles. The molecule has 2 saturated carbocycles. The summed E-state index contributed by atoms with van der Waals surface area (Å²) in [6.45, 7) is 29.6. The maximum Gasteiger partial charge on any atom is -0.0152 e. The van der Waals surface area contributed by atoms with Crippen LogP contribution in [-0.4, -0.2) is 0 Å². The molecule has 0 nitrogen and oxygen atoms in total. The van der Waals surface area contributed by atoms with E-state index in [9.17, 15) is 0 Å². The van der Waals surface area contributed by atoms with Crippen molar-refractivity contribution >= 4 is 5.57 Å². The van der Waals surface area contributed by atoms with Gasteiger partial charge < -0.3 is 0 Å². The number of hydrogen-bond acceptors (Lipinski definition) is 0. The van der Waals surface area contributed by atoms with Gasteiger partial charge in [-0.1, -0.05) is 89.1 Å². The molecule has 2 aliphatic rings. The lowest BCUT2D eigenvalue weighted by atomic mass is 9.77. The Labute approximate surface area is 200 Å². The maximum atomic E-state index is 4.35. The van der Waals surface area contributed by atoms with Crippen LogP contribution in [0.15, 0.2) is 54.7 Å². The highest BCUT2D eigenvalue weighted by Crippen LogP contribution is 2.36. The first-order valence-corrected chi connectivity index (χ1v) is 12.9. The molecule has 0 bridgehead atoms. The standard InChI is InChI=1S/C20H26.C10H18.C2H6/c1-13(2)19(10-9-18-7-8-18)17(6)20-12-15(4)14(3)11-16(20)5;1-8(2)10-7-5-4-6-9(10)3;1-2/h10-12,18H,1,6-9H2,2-5H3;9-10H,1,4-7H2,2-3H3;1-2H3/b19-10-;;/t;9?,10-;/m.0./s1. The number of rotatable bonds is 6. The zero-order chi connectivity index (χ0) is 24.4. The summed E-state index contributed by atoms with van der Waals surface area (Å²) in [5.41, 5.74) is 10.1. The molecule has 178 valence electrons. The van der Waals surface area contributed by atoms with E-state index in [0.717, 1.165) is 28.9 Å². The number of allylic oxidation sites excluding steroid dienone is 5. The predicted molar refractivity (Wildman–Crippen MR) is 147 cm³/mol. The molecule has 32 heavy (non-hydrogen) atoms. The third-order valence-electron chi connectivity index (χ3n) is 7.05. The molecular weight excluding hydrogens is 384 g/mol. The van der Waals surface area contributed by atoms with Crippen LogP contribution in [0.3, 0.4) is 0 Å². The van der Waals surface area contributed by atoms with Crippen molar-refractivity contribution in [3.8, 4) is 0 Å². The van der Waals surface area contributed by atoms with E-state index >= 15 is 0 Å². The van der Waals surface area contributed by atoms with E-state index in [1.807, 2.05) is 13.8 Å². The van der Waals surface area contributed by atoms with E-state index in [-0.39, 0.29) is 0 Å². The average Bonchev–Trinajstić information content (AvgIpc) is 3.57. The van der Waals surface area contributed by atoms with Crippen LogP contribution in [-0.2, 0) is 0 Å². The highest BCUT2D eigenvalue weighted by atomic mass is 14.3. The third-order valence-corrected chi connectivity index (χ3v) is 7.05. The molecular formula is C32H50. The highest BCUT2D eigenvalue weighted by molar-refractivity contribution is 5.83. The lowest BCUT2D eigenvalue weighted by molar-refractivity contribution is 0.294.